The Morgan fingerprint density at radius 2 is 1.92 bits per heavy atom. The van der Waals surface area contributed by atoms with E-state index in [1.165, 1.54) is 33.7 Å². The van der Waals surface area contributed by atoms with Gasteiger partial charge < -0.3 is 10.2 Å². The highest BCUT2D eigenvalue weighted by Gasteiger charge is 2.38. The van der Waals surface area contributed by atoms with Crippen molar-refractivity contribution in [1.29, 1.82) is 0 Å². The quantitative estimate of drug-likeness (QED) is 0.339. The average Bonchev–Trinajstić information content (AvgIpc) is 3.20. The number of nitrogens with one attached hydrogen (secondary N) is 1. The molecule has 0 bridgehead atoms. The lowest BCUT2D eigenvalue weighted by atomic mass is 10.0. The van der Waals surface area contributed by atoms with E-state index in [0.717, 1.165) is 0 Å². The number of aryl methyl sites for hydroxylation is 1. The first-order valence-electron chi connectivity index (χ1n) is 12.0. The first kappa shape index (κ1) is 27.3. The van der Waals surface area contributed by atoms with Crippen LogP contribution < -0.4 is 15.9 Å². The molecule has 2 aromatic heterocycles. The average molecular weight is 559 g/mol. The zero-order valence-electron chi connectivity index (χ0n) is 20.9. The SMILES string of the molecule is CCn1c(=O)nc(N2CC(C)NC(C)C2)c2cc(C(F)(F)F)c(-c3cc(Cl)cs3)c(SCC(C)C)c21. The highest BCUT2D eigenvalue weighted by Crippen LogP contribution is 2.49. The summed E-state index contributed by atoms with van der Waals surface area (Å²) in [7, 11) is 0. The molecule has 0 saturated carbocycles. The molecule has 0 radical (unpaired) electrons. The van der Waals surface area contributed by atoms with E-state index in [4.69, 9.17) is 11.6 Å². The lowest BCUT2D eigenvalue weighted by Gasteiger charge is -2.37. The summed E-state index contributed by atoms with van der Waals surface area (Å²) in [6.45, 7) is 11.3. The topological polar surface area (TPSA) is 50.2 Å². The first-order chi connectivity index (χ1) is 16.9. The van der Waals surface area contributed by atoms with Gasteiger partial charge in [0.15, 0.2) is 0 Å². The van der Waals surface area contributed by atoms with Gasteiger partial charge in [0.1, 0.15) is 5.82 Å². The van der Waals surface area contributed by atoms with Gasteiger partial charge in [0.25, 0.3) is 0 Å². The fraction of sp³-hybridized carbons (Fsp3) is 0.520. The summed E-state index contributed by atoms with van der Waals surface area (Å²) in [5, 5.41) is 5.79. The molecule has 2 unspecified atom stereocenters. The molecule has 0 aliphatic carbocycles. The largest absolute Gasteiger partial charge is 0.417 e. The van der Waals surface area contributed by atoms with Gasteiger partial charge in [0, 0.05) is 63.6 Å². The Bertz CT molecular complexity index is 1310. The minimum atomic E-state index is -4.61. The molecule has 1 aliphatic rings. The zero-order chi connectivity index (χ0) is 26.4. The summed E-state index contributed by atoms with van der Waals surface area (Å²) in [6, 6.07) is 2.95. The molecular formula is C25H30ClF3N4OS2. The van der Waals surface area contributed by atoms with Gasteiger partial charge in [-0.2, -0.15) is 18.2 Å². The van der Waals surface area contributed by atoms with Crippen LogP contribution in [0.1, 0.15) is 40.2 Å². The number of fused-ring (bicyclic) bond motifs is 1. The minimum Gasteiger partial charge on any atom is -0.353 e. The molecule has 1 aromatic carbocycles. The van der Waals surface area contributed by atoms with Crippen LogP contribution in [-0.4, -0.2) is 40.5 Å². The third kappa shape index (κ3) is 5.42. The molecule has 4 rings (SSSR count). The van der Waals surface area contributed by atoms with Crippen molar-refractivity contribution in [2.45, 2.75) is 64.3 Å². The second kappa shape index (κ2) is 10.6. The third-order valence-electron chi connectivity index (χ3n) is 6.05. The predicted octanol–water partition coefficient (Wildman–Crippen LogP) is 6.75. The van der Waals surface area contributed by atoms with E-state index in [-0.39, 0.29) is 23.6 Å². The standard InChI is InChI=1S/C25H30ClF3N4OS2/c1-6-33-21-17(23(31-24(33)34)32-9-14(4)30-15(5)10-32)8-18(25(27,28)29)20(19-7-16(26)12-35-19)22(21)36-11-13(2)3/h7-8,12-15,30H,6,9-11H2,1-5H3. The summed E-state index contributed by atoms with van der Waals surface area (Å²) in [6.07, 6.45) is -4.61. The van der Waals surface area contributed by atoms with Crippen LogP contribution in [0.4, 0.5) is 19.0 Å². The number of hydrogen-bond acceptors (Lipinski definition) is 6. The Morgan fingerprint density at radius 1 is 1.25 bits per heavy atom. The number of benzene rings is 1. The summed E-state index contributed by atoms with van der Waals surface area (Å²) < 4.78 is 45.5. The third-order valence-corrected chi connectivity index (χ3v) is 8.87. The van der Waals surface area contributed by atoms with Crippen molar-refractivity contribution in [3.05, 3.63) is 38.6 Å². The lowest BCUT2D eigenvalue weighted by Crippen LogP contribution is -2.55. The van der Waals surface area contributed by atoms with Crippen molar-refractivity contribution in [2.24, 2.45) is 5.92 Å². The fourth-order valence-electron chi connectivity index (χ4n) is 4.73. The number of anilines is 1. The van der Waals surface area contributed by atoms with Crippen LogP contribution in [0.25, 0.3) is 21.3 Å². The van der Waals surface area contributed by atoms with E-state index in [1.54, 1.807) is 11.4 Å². The maximum Gasteiger partial charge on any atom is 0.417 e. The van der Waals surface area contributed by atoms with Crippen LogP contribution in [0.15, 0.2) is 27.2 Å². The van der Waals surface area contributed by atoms with Crippen molar-refractivity contribution in [3.8, 4) is 10.4 Å². The van der Waals surface area contributed by atoms with E-state index in [1.807, 2.05) is 39.5 Å². The molecular weight excluding hydrogens is 529 g/mol. The molecule has 11 heteroatoms. The van der Waals surface area contributed by atoms with Gasteiger partial charge in [-0.15, -0.1) is 23.1 Å². The van der Waals surface area contributed by atoms with Crippen molar-refractivity contribution in [1.82, 2.24) is 14.9 Å². The van der Waals surface area contributed by atoms with Crippen molar-refractivity contribution >= 4 is 51.4 Å². The number of nitrogens with zero attached hydrogens (tertiary/aromatic N) is 3. The molecule has 1 N–H and O–H groups in total. The Labute approximate surface area is 222 Å². The molecule has 0 amide bonds. The molecule has 1 fully saturated rings. The van der Waals surface area contributed by atoms with Gasteiger partial charge in [-0.05, 0) is 38.8 Å². The summed E-state index contributed by atoms with van der Waals surface area (Å²) in [5.41, 5.74) is -0.608. The Kier molecular flexibility index (Phi) is 8.00. The van der Waals surface area contributed by atoms with Gasteiger partial charge in [-0.1, -0.05) is 25.4 Å². The molecule has 1 saturated heterocycles. The second-order valence-corrected chi connectivity index (χ2v) is 12.1. The molecule has 2 atom stereocenters. The highest BCUT2D eigenvalue weighted by molar-refractivity contribution is 7.99. The number of thioether (sulfide) groups is 1. The Hall–Kier alpha value is -1.75. The first-order valence-corrected chi connectivity index (χ1v) is 14.2. The van der Waals surface area contributed by atoms with Crippen LogP contribution in [0.3, 0.4) is 0 Å². The predicted molar refractivity (Wildman–Crippen MR) is 145 cm³/mol. The Balaban J connectivity index is 2.15. The minimum absolute atomic E-state index is 0.0818. The molecule has 1 aliphatic heterocycles. The highest BCUT2D eigenvalue weighted by atomic mass is 35.5. The van der Waals surface area contributed by atoms with Gasteiger partial charge in [-0.25, -0.2) is 4.79 Å². The van der Waals surface area contributed by atoms with Crippen molar-refractivity contribution in [3.63, 3.8) is 0 Å². The zero-order valence-corrected chi connectivity index (χ0v) is 23.3. The summed E-state index contributed by atoms with van der Waals surface area (Å²) >= 11 is 8.69. The van der Waals surface area contributed by atoms with Crippen molar-refractivity contribution in [2.75, 3.05) is 23.7 Å². The van der Waals surface area contributed by atoms with Gasteiger partial charge in [0.2, 0.25) is 0 Å². The molecule has 196 valence electrons. The smallest absolute Gasteiger partial charge is 0.353 e. The maximum absolute atomic E-state index is 14.7. The number of thiophene rings is 1. The molecule has 3 heterocycles. The van der Waals surface area contributed by atoms with Gasteiger partial charge in [-0.3, -0.25) is 4.57 Å². The van der Waals surface area contributed by atoms with E-state index in [2.05, 4.69) is 10.3 Å². The number of halogens is 4. The number of hydrogen-bond donors (Lipinski definition) is 1. The fourth-order valence-corrected chi connectivity index (χ4v) is 7.16. The van der Waals surface area contributed by atoms with Crippen LogP contribution in [0.2, 0.25) is 5.02 Å². The summed E-state index contributed by atoms with van der Waals surface area (Å²) in [4.78, 5) is 20.4. The van der Waals surface area contributed by atoms with Crippen LogP contribution in [0.5, 0.6) is 0 Å². The number of piperazine rings is 1. The number of rotatable bonds is 6. The van der Waals surface area contributed by atoms with Crippen LogP contribution in [-0.2, 0) is 12.7 Å². The van der Waals surface area contributed by atoms with Crippen LogP contribution >= 0.6 is 34.7 Å². The second-order valence-electron chi connectivity index (χ2n) is 9.69. The molecule has 36 heavy (non-hydrogen) atoms. The van der Waals surface area contributed by atoms with Gasteiger partial charge in [0.05, 0.1) is 16.1 Å². The monoisotopic (exact) mass is 558 g/mol. The molecule has 3 aromatic rings. The number of alkyl halides is 3. The van der Waals surface area contributed by atoms with Crippen molar-refractivity contribution < 1.29 is 13.2 Å². The molecule has 5 nitrogen and oxygen atoms in total. The Morgan fingerprint density at radius 3 is 2.44 bits per heavy atom. The van der Waals surface area contributed by atoms with E-state index >= 15 is 0 Å². The number of aromatic nitrogens is 2. The summed E-state index contributed by atoms with van der Waals surface area (Å²) in [5.74, 6) is 1.14. The van der Waals surface area contributed by atoms with E-state index in [0.29, 0.717) is 56.9 Å². The lowest BCUT2D eigenvalue weighted by molar-refractivity contribution is -0.137. The van der Waals surface area contributed by atoms with Crippen LogP contribution in [0, 0.1) is 5.92 Å². The van der Waals surface area contributed by atoms with E-state index < -0.39 is 17.4 Å². The van der Waals surface area contributed by atoms with E-state index in [9.17, 15) is 18.0 Å². The van der Waals surface area contributed by atoms with Gasteiger partial charge >= 0.3 is 11.9 Å². The molecule has 0 spiro atoms. The normalized spacial score (nSPS) is 19.0. The maximum atomic E-state index is 14.7.